The summed E-state index contributed by atoms with van der Waals surface area (Å²) in [5.41, 5.74) is 1.68. The van der Waals surface area contributed by atoms with Gasteiger partial charge in [-0.05, 0) is 24.6 Å². The van der Waals surface area contributed by atoms with E-state index >= 15 is 0 Å². The highest BCUT2D eigenvalue weighted by Gasteiger charge is 2.14. The maximum atomic E-state index is 12.2. The highest BCUT2D eigenvalue weighted by Crippen LogP contribution is 2.13. The van der Waals surface area contributed by atoms with Crippen LogP contribution in [0.2, 0.25) is 0 Å². The van der Waals surface area contributed by atoms with E-state index in [9.17, 15) is 4.79 Å². The largest absolute Gasteiger partial charge is 0.467 e. The molecule has 0 radical (unpaired) electrons. The van der Waals surface area contributed by atoms with Crippen molar-refractivity contribution >= 4 is 5.91 Å². The molecule has 0 aliphatic heterocycles. The molecule has 3 aromatic rings. The van der Waals surface area contributed by atoms with Crippen LogP contribution in [0, 0.1) is 0 Å². The van der Waals surface area contributed by atoms with Crippen LogP contribution < -0.4 is 5.32 Å². The van der Waals surface area contributed by atoms with Crippen LogP contribution in [0.15, 0.2) is 65.5 Å². The van der Waals surface area contributed by atoms with E-state index < -0.39 is 0 Å². The van der Waals surface area contributed by atoms with Crippen molar-refractivity contribution in [3.63, 3.8) is 0 Å². The molecule has 0 unspecified atom stereocenters. The Morgan fingerprint density at radius 3 is 2.82 bits per heavy atom. The highest BCUT2D eigenvalue weighted by atomic mass is 16.3. The highest BCUT2D eigenvalue weighted by molar-refractivity contribution is 5.93. The predicted octanol–water partition coefficient (Wildman–Crippen LogP) is 3.02. The number of nitrogens with zero attached hydrogens (tertiary/aromatic N) is 2. The first kappa shape index (κ1) is 14.1. The lowest BCUT2D eigenvalue weighted by molar-refractivity contribution is 0.0935. The van der Waals surface area contributed by atoms with Crippen LogP contribution in [0.4, 0.5) is 0 Å². The van der Waals surface area contributed by atoms with Crippen molar-refractivity contribution in [3.8, 4) is 0 Å². The van der Waals surface area contributed by atoms with Gasteiger partial charge >= 0.3 is 0 Å². The lowest BCUT2D eigenvalue weighted by Crippen LogP contribution is -2.26. The minimum atomic E-state index is -0.181. The Kier molecular flexibility index (Phi) is 4.05. The van der Waals surface area contributed by atoms with E-state index in [1.807, 2.05) is 43.3 Å². The minimum absolute atomic E-state index is 0.164. The number of hydrogen-bond acceptors (Lipinski definition) is 3. The summed E-state index contributed by atoms with van der Waals surface area (Å²) in [6, 6.07) is 13.5. The van der Waals surface area contributed by atoms with Crippen LogP contribution >= 0.6 is 0 Å². The topological polar surface area (TPSA) is 60.1 Å². The Labute approximate surface area is 128 Å². The monoisotopic (exact) mass is 295 g/mol. The van der Waals surface area contributed by atoms with Gasteiger partial charge in [-0.3, -0.25) is 9.48 Å². The maximum absolute atomic E-state index is 12.2. The molecule has 1 N–H and O–H groups in total. The van der Waals surface area contributed by atoms with Crippen LogP contribution in [0.1, 0.15) is 34.6 Å². The normalized spacial score (nSPS) is 12.0. The van der Waals surface area contributed by atoms with E-state index in [0.29, 0.717) is 12.1 Å². The van der Waals surface area contributed by atoms with Crippen LogP contribution in [0.25, 0.3) is 0 Å². The number of hydrogen-bond donors (Lipinski definition) is 1. The summed E-state index contributed by atoms with van der Waals surface area (Å²) in [5.74, 6) is 0.563. The summed E-state index contributed by atoms with van der Waals surface area (Å²) in [6.07, 6.45) is 4.92. The fraction of sp³-hybridized carbons (Fsp3) is 0.176. The van der Waals surface area contributed by atoms with Gasteiger partial charge < -0.3 is 9.73 Å². The van der Waals surface area contributed by atoms with Crippen molar-refractivity contribution in [2.45, 2.75) is 19.5 Å². The molecule has 112 valence electrons. The summed E-state index contributed by atoms with van der Waals surface area (Å²) < 4.78 is 7.03. The second-order valence-corrected chi connectivity index (χ2v) is 5.12. The Hall–Kier alpha value is -2.82. The molecule has 1 amide bonds. The zero-order chi connectivity index (χ0) is 15.4. The number of nitrogens with one attached hydrogen (secondary N) is 1. The molecular weight excluding hydrogens is 278 g/mol. The molecule has 0 fully saturated rings. The molecule has 22 heavy (non-hydrogen) atoms. The van der Waals surface area contributed by atoms with Crippen molar-refractivity contribution in [1.82, 2.24) is 15.1 Å². The van der Waals surface area contributed by atoms with Gasteiger partial charge in [-0.1, -0.05) is 30.3 Å². The van der Waals surface area contributed by atoms with E-state index in [4.69, 9.17) is 4.42 Å². The van der Waals surface area contributed by atoms with E-state index in [-0.39, 0.29) is 11.9 Å². The molecule has 5 nitrogen and oxygen atoms in total. The third-order valence-electron chi connectivity index (χ3n) is 3.40. The molecule has 0 saturated carbocycles. The fourth-order valence-electron chi connectivity index (χ4n) is 2.23. The van der Waals surface area contributed by atoms with Crippen molar-refractivity contribution in [1.29, 1.82) is 0 Å². The van der Waals surface area contributed by atoms with Crippen LogP contribution in [0.3, 0.4) is 0 Å². The van der Waals surface area contributed by atoms with Gasteiger partial charge in [-0.2, -0.15) is 5.10 Å². The first-order valence-electron chi connectivity index (χ1n) is 7.13. The van der Waals surface area contributed by atoms with E-state index in [0.717, 1.165) is 11.3 Å². The van der Waals surface area contributed by atoms with E-state index in [1.54, 1.807) is 29.4 Å². The third-order valence-corrected chi connectivity index (χ3v) is 3.40. The quantitative estimate of drug-likeness (QED) is 0.787. The van der Waals surface area contributed by atoms with Gasteiger partial charge in [0.05, 0.1) is 30.6 Å². The molecular formula is C17H17N3O2. The third kappa shape index (κ3) is 3.25. The Bertz CT molecular complexity index is 732. The summed E-state index contributed by atoms with van der Waals surface area (Å²) in [4.78, 5) is 12.2. The van der Waals surface area contributed by atoms with Gasteiger partial charge in [0.1, 0.15) is 5.76 Å². The van der Waals surface area contributed by atoms with Gasteiger partial charge in [0, 0.05) is 6.20 Å². The van der Waals surface area contributed by atoms with Crippen LogP contribution in [0.5, 0.6) is 0 Å². The maximum Gasteiger partial charge on any atom is 0.255 e. The zero-order valence-corrected chi connectivity index (χ0v) is 12.3. The molecule has 1 aromatic carbocycles. The van der Waals surface area contributed by atoms with Crippen LogP contribution in [-0.4, -0.2) is 15.7 Å². The van der Waals surface area contributed by atoms with E-state index in [1.165, 1.54) is 0 Å². The standard InChI is InChI=1S/C17H17N3O2/c1-13(16-8-5-9-22-16)19-17(21)15-10-18-20(12-15)11-14-6-3-2-4-7-14/h2-10,12-13H,11H2,1H3,(H,19,21)/t13-/m1/s1. The lowest BCUT2D eigenvalue weighted by Gasteiger charge is -2.10. The number of carbonyl (C=O) groups is 1. The number of carbonyl (C=O) groups excluding carboxylic acids is 1. The molecule has 5 heteroatoms. The van der Waals surface area contributed by atoms with Gasteiger partial charge in [-0.15, -0.1) is 0 Å². The molecule has 2 aromatic heterocycles. The van der Waals surface area contributed by atoms with Gasteiger partial charge in [-0.25, -0.2) is 0 Å². The van der Waals surface area contributed by atoms with Crippen molar-refractivity contribution in [3.05, 3.63) is 78.0 Å². The van der Waals surface area contributed by atoms with E-state index in [2.05, 4.69) is 10.4 Å². The SMILES string of the molecule is C[C@@H](NC(=O)c1cnn(Cc2ccccc2)c1)c1ccco1. The van der Waals surface area contributed by atoms with Gasteiger partial charge in [0.2, 0.25) is 0 Å². The number of benzene rings is 1. The zero-order valence-electron chi connectivity index (χ0n) is 12.3. The predicted molar refractivity (Wildman–Crippen MR) is 82.4 cm³/mol. The van der Waals surface area contributed by atoms with Crippen molar-refractivity contribution < 1.29 is 9.21 Å². The summed E-state index contributed by atoms with van der Waals surface area (Å²) in [5, 5.41) is 7.12. The number of rotatable bonds is 5. The first-order chi connectivity index (χ1) is 10.7. The number of furan rings is 1. The average Bonchev–Trinajstić information content (AvgIpc) is 3.19. The summed E-state index contributed by atoms with van der Waals surface area (Å²) in [7, 11) is 0. The summed E-state index contributed by atoms with van der Waals surface area (Å²) in [6.45, 7) is 2.52. The Morgan fingerprint density at radius 1 is 1.27 bits per heavy atom. The summed E-state index contributed by atoms with van der Waals surface area (Å²) >= 11 is 0. The van der Waals surface area contributed by atoms with Crippen molar-refractivity contribution in [2.75, 3.05) is 0 Å². The Balaban J connectivity index is 1.64. The average molecular weight is 295 g/mol. The first-order valence-corrected chi connectivity index (χ1v) is 7.13. The minimum Gasteiger partial charge on any atom is -0.467 e. The molecule has 0 spiro atoms. The van der Waals surface area contributed by atoms with Crippen LogP contribution in [-0.2, 0) is 6.54 Å². The second-order valence-electron chi connectivity index (χ2n) is 5.12. The molecule has 0 saturated heterocycles. The number of amides is 1. The Morgan fingerprint density at radius 2 is 2.09 bits per heavy atom. The second kappa shape index (κ2) is 6.30. The number of aromatic nitrogens is 2. The molecule has 1 atom stereocenters. The fourth-order valence-corrected chi connectivity index (χ4v) is 2.23. The smallest absolute Gasteiger partial charge is 0.255 e. The van der Waals surface area contributed by atoms with Gasteiger partial charge in [0.15, 0.2) is 0 Å². The van der Waals surface area contributed by atoms with Gasteiger partial charge in [0.25, 0.3) is 5.91 Å². The molecule has 0 aliphatic carbocycles. The molecule has 0 bridgehead atoms. The molecule has 2 heterocycles. The van der Waals surface area contributed by atoms with Crippen molar-refractivity contribution in [2.24, 2.45) is 0 Å². The molecule has 0 aliphatic rings. The lowest BCUT2D eigenvalue weighted by atomic mass is 10.2. The molecule has 3 rings (SSSR count).